The van der Waals surface area contributed by atoms with Gasteiger partial charge in [0.25, 0.3) is 11.8 Å². The molecule has 1 N–H and O–H groups in total. The number of hydrogen-bond acceptors (Lipinski definition) is 6. The monoisotopic (exact) mass is 602 g/mol. The van der Waals surface area contributed by atoms with Crippen molar-refractivity contribution in [1.29, 1.82) is 0 Å². The van der Waals surface area contributed by atoms with E-state index in [0.29, 0.717) is 46.6 Å². The van der Waals surface area contributed by atoms with E-state index in [1.807, 2.05) is 24.3 Å². The van der Waals surface area contributed by atoms with Gasteiger partial charge in [-0.15, -0.1) is 5.10 Å². The number of carbonyl (C=O) groups excluding carboxylic acids is 2. The maximum atomic E-state index is 14.0. The standard InChI is InChI=1S/C29H24BrFN6O3/c1-29(2,26-16-37(35-34-26)24-11-12-36(28(24)39)19-8-5-17(30)6-9-19)33-27(38)21-15-23(25-4-3-13-40-25)32-22-14-18(31)7-10-20(21)22/h3-10,13-16,24H,11-12H2,1-2H3,(H,33,38). The Kier molecular flexibility index (Phi) is 6.46. The second-order valence-electron chi connectivity index (χ2n) is 10.1. The summed E-state index contributed by atoms with van der Waals surface area (Å²) in [5.74, 6) is -0.466. The van der Waals surface area contributed by atoms with Crippen molar-refractivity contribution < 1.29 is 18.4 Å². The largest absolute Gasteiger partial charge is 0.463 e. The summed E-state index contributed by atoms with van der Waals surface area (Å²) in [7, 11) is 0. The Morgan fingerprint density at radius 1 is 1.15 bits per heavy atom. The summed E-state index contributed by atoms with van der Waals surface area (Å²) < 4.78 is 22.0. The number of benzene rings is 2. The number of carbonyl (C=O) groups is 2. The number of amides is 2. The van der Waals surface area contributed by atoms with Crippen molar-refractivity contribution in [2.24, 2.45) is 0 Å². The number of fused-ring (bicyclic) bond motifs is 1. The third kappa shape index (κ3) is 4.77. The van der Waals surface area contributed by atoms with E-state index in [0.717, 1.165) is 10.2 Å². The molecule has 0 bridgehead atoms. The summed E-state index contributed by atoms with van der Waals surface area (Å²) in [4.78, 5) is 33.0. The highest BCUT2D eigenvalue weighted by Gasteiger charge is 2.36. The molecule has 1 atom stereocenters. The summed E-state index contributed by atoms with van der Waals surface area (Å²) in [5.41, 5.74) is 1.43. The van der Waals surface area contributed by atoms with Gasteiger partial charge in [0.2, 0.25) is 0 Å². The van der Waals surface area contributed by atoms with Crippen molar-refractivity contribution in [3.63, 3.8) is 0 Å². The molecule has 0 aliphatic carbocycles. The van der Waals surface area contributed by atoms with Crippen LogP contribution >= 0.6 is 15.9 Å². The fourth-order valence-corrected chi connectivity index (χ4v) is 5.12. The Morgan fingerprint density at radius 3 is 2.70 bits per heavy atom. The maximum absolute atomic E-state index is 14.0. The third-order valence-electron chi connectivity index (χ3n) is 7.00. The van der Waals surface area contributed by atoms with E-state index in [1.54, 1.807) is 47.8 Å². The van der Waals surface area contributed by atoms with Gasteiger partial charge < -0.3 is 14.6 Å². The van der Waals surface area contributed by atoms with Crippen LogP contribution in [0.2, 0.25) is 0 Å². The molecule has 0 saturated carbocycles. The van der Waals surface area contributed by atoms with Crippen LogP contribution < -0.4 is 10.2 Å². The molecule has 1 unspecified atom stereocenters. The molecule has 5 aromatic rings. The minimum absolute atomic E-state index is 0.0680. The van der Waals surface area contributed by atoms with E-state index in [9.17, 15) is 14.0 Å². The molecule has 1 fully saturated rings. The number of halogens is 2. The molecule has 2 aromatic carbocycles. The van der Waals surface area contributed by atoms with Crippen LogP contribution in [0.5, 0.6) is 0 Å². The first-order valence-electron chi connectivity index (χ1n) is 12.7. The molecule has 11 heteroatoms. The minimum Gasteiger partial charge on any atom is -0.463 e. The summed E-state index contributed by atoms with van der Waals surface area (Å²) in [6.45, 7) is 4.18. The van der Waals surface area contributed by atoms with Gasteiger partial charge in [-0.2, -0.15) is 0 Å². The third-order valence-corrected chi connectivity index (χ3v) is 7.53. The summed E-state index contributed by atoms with van der Waals surface area (Å²) in [6.07, 6.45) is 3.79. The van der Waals surface area contributed by atoms with Crippen molar-refractivity contribution in [2.75, 3.05) is 11.4 Å². The number of furan rings is 1. The molecular formula is C29H24BrFN6O3. The molecule has 3 aromatic heterocycles. The van der Waals surface area contributed by atoms with Gasteiger partial charge in [-0.3, -0.25) is 9.59 Å². The van der Waals surface area contributed by atoms with Crippen LogP contribution in [0.4, 0.5) is 10.1 Å². The second kappa shape index (κ2) is 9.98. The smallest absolute Gasteiger partial charge is 0.252 e. The van der Waals surface area contributed by atoms with Crippen molar-refractivity contribution in [1.82, 2.24) is 25.3 Å². The molecule has 40 heavy (non-hydrogen) atoms. The van der Waals surface area contributed by atoms with E-state index in [4.69, 9.17) is 4.42 Å². The SMILES string of the molecule is CC(C)(NC(=O)c1cc(-c2ccco2)nc2cc(F)ccc12)c1cn(C2CCN(c3ccc(Br)cc3)C2=O)nn1. The number of pyridine rings is 1. The number of rotatable bonds is 6. The lowest BCUT2D eigenvalue weighted by atomic mass is 9.99. The molecule has 1 aliphatic rings. The van der Waals surface area contributed by atoms with Gasteiger partial charge in [0.05, 0.1) is 29.1 Å². The quantitative estimate of drug-likeness (QED) is 0.270. The molecule has 4 heterocycles. The van der Waals surface area contributed by atoms with Crippen molar-refractivity contribution >= 4 is 44.3 Å². The van der Waals surface area contributed by atoms with Gasteiger partial charge in [0, 0.05) is 28.2 Å². The van der Waals surface area contributed by atoms with Crippen molar-refractivity contribution in [2.45, 2.75) is 31.8 Å². The van der Waals surface area contributed by atoms with E-state index >= 15 is 0 Å². The fraction of sp³-hybridized carbons (Fsp3) is 0.207. The van der Waals surface area contributed by atoms with Gasteiger partial charge in [0.15, 0.2) is 5.76 Å². The predicted molar refractivity (Wildman–Crippen MR) is 150 cm³/mol. The number of nitrogens with one attached hydrogen (secondary N) is 1. The van der Waals surface area contributed by atoms with Crippen LogP contribution in [-0.4, -0.2) is 38.3 Å². The van der Waals surface area contributed by atoms with Crippen molar-refractivity contribution in [3.8, 4) is 11.5 Å². The lowest BCUT2D eigenvalue weighted by molar-refractivity contribution is -0.120. The Balaban J connectivity index is 1.25. The molecule has 1 saturated heterocycles. The highest BCUT2D eigenvalue weighted by atomic mass is 79.9. The first-order chi connectivity index (χ1) is 19.2. The molecule has 202 valence electrons. The molecule has 0 radical (unpaired) electrons. The second-order valence-corrected chi connectivity index (χ2v) is 11.0. The van der Waals surface area contributed by atoms with Gasteiger partial charge in [-0.1, -0.05) is 21.1 Å². The molecule has 1 aliphatic heterocycles. The van der Waals surface area contributed by atoms with Crippen LogP contribution in [0.3, 0.4) is 0 Å². The first kappa shape index (κ1) is 25.9. The molecule has 0 spiro atoms. The zero-order valence-electron chi connectivity index (χ0n) is 21.6. The fourth-order valence-electron chi connectivity index (χ4n) is 4.86. The Labute approximate surface area is 237 Å². The topological polar surface area (TPSA) is 106 Å². The lowest BCUT2D eigenvalue weighted by Gasteiger charge is -2.24. The zero-order valence-corrected chi connectivity index (χ0v) is 23.2. The summed E-state index contributed by atoms with van der Waals surface area (Å²) in [6, 6.07) is 16.3. The number of hydrogen-bond donors (Lipinski definition) is 1. The Morgan fingerprint density at radius 2 is 1.95 bits per heavy atom. The van der Waals surface area contributed by atoms with E-state index in [1.165, 1.54) is 24.5 Å². The molecular weight excluding hydrogens is 579 g/mol. The average Bonchev–Trinajstić information content (AvgIpc) is 3.70. The summed E-state index contributed by atoms with van der Waals surface area (Å²) >= 11 is 3.42. The highest BCUT2D eigenvalue weighted by molar-refractivity contribution is 9.10. The van der Waals surface area contributed by atoms with Crippen LogP contribution in [0, 0.1) is 5.82 Å². The zero-order chi connectivity index (χ0) is 28.0. The van der Waals surface area contributed by atoms with Crippen LogP contribution in [0.1, 0.15) is 42.4 Å². The van der Waals surface area contributed by atoms with Gasteiger partial charge in [0.1, 0.15) is 23.2 Å². The predicted octanol–water partition coefficient (Wildman–Crippen LogP) is 5.63. The maximum Gasteiger partial charge on any atom is 0.252 e. The van der Waals surface area contributed by atoms with Gasteiger partial charge in [-0.05, 0) is 74.9 Å². The Bertz CT molecular complexity index is 1730. The first-order valence-corrected chi connectivity index (χ1v) is 13.4. The normalized spacial score (nSPS) is 15.7. The van der Waals surface area contributed by atoms with Crippen molar-refractivity contribution in [3.05, 3.63) is 94.7 Å². The number of anilines is 1. The minimum atomic E-state index is -0.942. The van der Waals surface area contributed by atoms with E-state index < -0.39 is 23.3 Å². The van der Waals surface area contributed by atoms with Crippen LogP contribution in [0.25, 0.3) is 22.4 Å². The van der Waals surface area contributed by atoms with E-state index in [-0.39, 0.29) is 5.91 Å². The van der Waals surface area contributed by atoms with Gasteiger partial charge >= 0.3 is 0 Å². The Hall–Kier alpha value is -4.38. The molecule has 6 rings (SSSR count). The average molecular weight is 603 g/mol. The number of aromatic nitrogens is 4. The van der Waals surface area contributed by atoms with Gasteiger partial charge in [-0.25, -0.2) is 14.1 Å². The lowest BCUT2D eigenvalue weighted by Crippen LogP contribution is -2.41. The summed E-state index contributed by atoms with van der Waals surface area (Å²) in [5, 5.41) is 12.1. The van der Waals surface area contributed by atoms with E-state index in [2.05, 4.69) is 36.5 Å². The van der Waals surface area contributed by atoms with Crippen LogP contribution in [0.15, 0.2) is 82.0 Å². The number of nitrogens with zero attached hydrogens (tertiary/aromatic N) is 5. The molecule has 2 amide bonds. The molecule has 9 nitrogen and oxygen atoms in total. The van der Waals surface area contributed by atoms with Crippen LogP contribution in [-0.2, 0) is 10.3 Å². The highest BCUT2D eigenvalue weighted by Crippen LogP contribution is 2.31.